The van der Waals surface area contributed by atoms with Crippen LogP contribution in [0.4, 0.5) is 11.4 Å². The van der Waals surface area contributed by atoms with Crippen molar-refractivity contribution in [3.8, 4) is 5.75 Å². The third kappa shape index (κ3) is 4.32. The van der Waals surface area contributed by atoms with Gasteiger partial charge in [0.25, 0.3) is 5.91 Å². The molecule has 0 unspecified atom stereocenters. The van der Waals surface area contributed by atoms with E-state index in [2.05, 4.69) is 15.6 Å². The predicted octanol–water partition coefficient (Wildman–Crippen LogP) is 4.42. The second-order valence-corrected chi connectivity index (χ2v) is 5.97. The molecular weight excluding hydrogens is 350 g/mol. The zero-order valence-electron chi connectivity index (χ0n) is 14.2. The Bertz CT molecular complexity index is 915. The predicted molar refractivity (Wildman–Crippen MR) is 103 cm³/mol. The molecule has 0 saturated carbocycles. The van der Waals surface area contributed by atoms with E-state index in [0.717, 1.165) is 17.0 Å². The molecule has 0 spiro atoms. The van der Waals surface area contributed by atoms with Crippen molar-refractivity contribution in [2.75, 3.05) is 12.4 Å². The topological polar surface area (TPSA) is 63.2 Å². The number of nitrogens with one attached hydrogen (secondary N) is 2. The zero-order valence-corrected chi connectivity index (χ0v) is 15.0. The summed E-state index contributed by atoms with van der Waals surface area (Å²) in [6, 6.07) is 16.7. The monoisotopic (exact) mass is 367 g/mol. The summed E-state index contributed by atoms with van der Waals surface area (Å²) < 4.78 is 5.29. The highest BCUT2D eigenvalue weighted by molar-refractivity contribution is 6.33. The van der Waals surface area contributed by atoms with Crippen molar-refractivity contribution >= 4 is 28.9 Å². The van der Waals surface area contributed by atoms with E-state index in [1.165, 1.54) is 6.20 Å². The molecule has 1 aromatic heterocycles. The lowest BCUT2D eigenvalue weighted by Gasteiger charge is -2.11. The van der Waals surface area contributed by atoms with E-state index in [-0.39, 0.29) is 5.91 Å². The molecule has 1 amide bonds. The zero-order chi connectivity index (χ0) is 18.4. The molecule has 3 aromatic rings. The summed E-state index contributed by atoms with van der Waals surface area (Å²) in [6.45, 7) is 0.366. The van der Waals surface area contributed by atoms with Crippen molar-refractivity contribution in [2.24, 2.45) is 0 Å². The molecule has 0 saturated heterocycles. The molecule has 0 atom stereocenters. The number of nitrogens with zero attached hydrogens (tertiary/aromatic N) is 1. The van der Waals surface area contributed by atoms with Crippen LogP contribution in [0.1, 0.15) is 15.9 Å². The molecule has 3 rings (SSSR count). The van der Waals surface area contributed by atoms with Gasteiger partial charge in [-0.25, -0.2) is 0 Å². The number of methoxy groups -OCH3 is 1. The fourth-order valence-corrected chi connectivity index (χ4v) is 2.66. The normalized spacial score (nSPS) is 10.2. The summed E-state index contributed by atoms with van der Waals surface area (Å²) in [4.78, 5) is 16.6. The molecule has 6 heteroatoms. The molecule has 26 heavy (non-hydrogen) atoms. The second kappa shape index (κ2) is 8.36. The van der Waals surface area contributed by atoms with Crippen molar-refractivity contribution in [2.45, 2.75) is 6.54 Å². The van der Waals surface area contributed by atoms with Crippen LogP contribution in [0, 0.1) is 0 Å². The maximum atomic E-state index is 12.4. The Labute approximate surface area is 157 Å². The van der Waals surface area contributed by atoms with E-state index in [0.29, 0.717) is 22.8 Å². The van der Waals surface area contributed by atoms with Gasteiger partial charge < -0.3 is 15.4 Å². The van der Waals surface area contributed by atoms with Crippen LogP contribution in [-0.2, 0) is 6.54 Å². The summed E-state index contributed by atoms with van der Waals surface area (Å²) in [5.74, 6) is 0.520. The number of carbonyl (C=O) groups is 1. The number of halogens is 1. The van der Waals surface area contributed by atoms with Gasteiger partial charge in [-0.05, 0) is 24.3 Å². The fraction of sp³-hybridized carbons (Fsp3) is 0.100. The third-order valence-electron chi connectivity index (χ3n) is 3.79. The minimum absolute atomic E-state index is 0.216. The lowest BCUT2D eigenvalue weighted by molar-refractivity contribution is 0.0950. The van der Waals surface area contributed by atoms with Gasteiger partial charge in [-0.15, -0.1) is 0 Å². The van der Waals surface area contributed by atoms with Crippen LogP contribution in [0.2, 0.25) is 5.02 Å². The molecule has 1 heterocycles. The van der Waals surface area contributed by atoms with E-state index in [1.54, 1.807) is 25.4 Å². The van der Waals surface area contributed by atoms with E-state index in [4.69, 9.17) is 16.3 Å². The third-order valence-corrected chi connectivity index (χ3v) is 4.11. The first-order valence-electron chi connectivity index (χ1n) is 8.04. The molecule has 0 bridgehead atoms. The molecule has 0 aliphatic carbocycles. The Morgan fingerprint density at radius 2 is 1.88 bits per heavy atom. The van der Waals surface area contributed by atoms with Gasteiger partial charge in [-0.2, -0.15) is 0 Å². The van der Waals surface area contributed by atoms with Crippen molar-refractivity contribution in [3.05, 3.63) is 83.1 Å². The number of para-hydroxylation sites is 2. The standard InChI is InChI=1S/C20H18ClN3O2/c1-26-19-9-5-2-6-14(19)12-23-20(25)15-10-16(13-22-11-15)24-18-8-4-3-7-17(18)21/h2-11,13,24H,12H2,1H3,(H,23,25). The van der Waals surface area contributed by atoms with Crippen molar-refractivity contribution in [1.82, 2.24) is 10.3 Å². The fourth-order valence-electron chi connectivity index (χ4n) is 2.48. The number of ether oxygens (including phenoxy) is 1. The number of hydrogen-bond donors (Lipinski definition) is 2. The average molecular weight is 368 g/mol. The first-order chi connectivity index (χ1) is 12.7. The number of anilines is 2. The average Bonchev–Trinajstić information content (AvgIpc) is 2.68. The first kappa shape index (κ1) is 17.8. The highest BCUT2D eigenvalue weighted by atomic mass is 35.5. The number of carbonyl (C=O) groups excluding carboxylic acids is 1. The van der Waals surface area contributed by atoms with Crippen LogP contribution >= 0.6 is 11.6 Å². The minimum Gasteiger partial charge on any atom is -0.496 e. The first-order valence-corrected chi connectivity index (χ1v) is 8.42. The van der Waals surface area contributed by atoms with E-state index >= 15 is 0 Å². The number of aromatic nitrogens is 1. The molecule has 0 fully saturated rings. The van der Waals surface area contributed by atoms with Crippen LogP contribution in [-0.4, -0.2) is 18.0 Å². The van der Waals surface area contributed by atoms with Gasteiger partial charge in [0.05, 0.1) is 35.3 Å². The van der Waals surface area contributed by atoms with Gasteiger partial charge in [0, 0.05) is 18.3 Å². The molecule has 0 radical (unpaired) electrons. The molecule has 5 nitrogen and oxygen atoms in total. The maximum Gasteiger partial charge on any atom is 0.253 e. The Kier molecular flexibility index (Phi) is 5.71. The molecule has 2 N–H and O–H groups in total. The SMILES string of the molecule is COc1ccccc1CNC(=O)c1cncc(Nc2ccccc2Cl)c1. The smallest absolute Gasteiger partial charge is 0.253 e. The Hall–Kier alpha value is -3.05. The molecule has 0 aliphatic heterocycles. The highest BCUT2D eigenvalue weighted by Crippen LogP contribution is 2.24. The summed E-state index contributed by atoms with van der Waals surface area (Å²) in [6.07, 6.45) is 3.16. The van der Waals surface area contributed by atoms with Gasteiger partial charge in [0.15, 0.2) is 0 Å². The number of rotatable bonds is 6. The van der Waals surface area contributed by atoms with Crippen LogP contribution in [0.5, 0.6) is 5.75 Å². The van der Waals surface area contributed by atoms with Gasteiger partial charge >= 0.3 is 0 Å². The number of amides is 1. The Morgan fingerprint density at radius 3 is 2.69 bits per heavy atom. The molecule has 132 valence electrons. The van der Waals surface area contributed by atoms with Gasteiger partial charge in [-0.3, -0.25) is 9.78 Å². The van der Waals surface area contributed by atoms with E-state index in [9.17, 15) is 4.79 Å². The quantitative estimate of drug-likeness (QED) is 0.677. The van der Waals surface area contributed by atoms with Gasteiger partial charge in [0.1, 0.15) is 5.75 Å². The van der Waals surface area contributed by atoms with Crippen LogP contribution in [0.25, 0.3) is 0 Å². The van der Waals surface area contributed by atoms with Crippen molar-refractivity contribution in [3.63, 3.8) is 0 Å². The molecule has 2 aromatic carbocycles. The minimum atomic E-state index is -0.216. The van der Waals surface area contributed by atoms with Crippen LogP contribution in [0.15, 0.2) is 67.0 Å². The summed E-state index contributed by atoms with van der Waals surface area (Å²) in [5.41, 5.74) is 2.80. The Balaban J connectivity index is 1.69. The summed E-state index contributed by atoms with van der Waals surface area (Å²) in [7, 11) is 1.61. The van der Waals surface area contributed by atoms with Crippen molar-refractivity contribution in [1.29, 1.82) is 0 Å². The number of benzene rings is 2. The number of hydrogen-bond acceptors (Lipinski definition) is 4. The number of pyridine rings is 1. The lowest BCUT2D eigenvalue weighted by Crippen LogP contribution is -2.23. The van der Waals surface area contributed by atoms with Crippen LogP contribution in [0.3, 0.4) is 0 Å². The molecule has 0 aliphatic rings. The Morgan fingerprint density at radius 1 is 1.12 bits per heavy atom. The van der Waals surface area contributed by atoms with E-state index in [1.807, 2.05) is 42.5 Å². The van der Waals surface area contributed by atoms with Gasteiger partial charge in [0.2, 0.25) is 0 Å². The van der Waals surface area contributed by atoms with Crippen molar-refractivity contribution < 1.29 is 9.53 Å². The largest absolute Gasteiger partial charge is 0.496 e. The molecular formula is C20H18ClN3O2. The summed E-state index contributed by atoms with van der Waals surface area (Å²) >= 11 is 6.15. The maximum absolute atomic E-state index is 12.4. The van der Waals surface area contributed by atoms with E-state index < -0.39 is 0 Å². The highest BCUT2D eigenvalue weighted by Gasteiger charge is 2.09. The lowest BCUT2D eigenvalue weighted by atomic mass is 10.2. The second-order valence-electron chi connectivity index (χ2n) is 5.56. The van der Waals surface area contributed by atoms with Gasteiger partial charge in [-0.1, -0.05) is 41.9 Å². The van der Waals surface area contributed by atoms with Crippen LogP contribution < -0.4 is 15.4 Å². The summed E-state index contributed by atoms with van der Waals surface area (Å²) in [5, 5.41) is 6.64.